The molecule has 222 valence electrons. The van der Waals surface area contributed by atoms with Gasteiger partial charge in [0.05, 0.1) is 11.9 Å². The number of hydrogen-bond acceptors (Lipinski definition) is 5. The highest BCUT2D eigenvalue weighted by Gasteiger charge is 2.15. The molecule has 5 aromatic carbocycles. The average molecular weight is 593 g/mol. The molecule has 1 N–H and O–H groups in total. The number of aromatic nitrogens is 2. The molecule has 0 radical (unpaired) electrons. The molecule has 0 aliphatic heterocycles. The summed E-state index contributed by atoms with van der Waals surface area (Å²) >= 11 is 0. The molecule has 7 nitrogen and oxygen atoms in total. The van der Waals surface area contributed by atoms with Crippen LogP contribution in [0, 0.1) is 0 Å². The molecule has 1 heterocycles. The van der Waals surface area contributed by atoms with Crippen molar-refractivity contribution >= 4 is 12.1 Å². The maximum Gasteiger partial charge on any atom is 0.280 e. The molecule has 0 saturated heterocycles. The predicted molar refractivity (Wildman–Crippen MR) is 177 cm³/mol. The Morgan fingerprint density at radius 2 is 1.33 bits per heavy atom. The Bertz CT molecular complexity index is 1850. The van der Waals surface area contributed by atoms with Gasteiger partial charge in [-0.3, -0.25) is 4.79 Å². The minimum Gasteiger partial charge on any atom is -0.489 e. The largest absolute Gasteiger partial charge is 0.489 e. The summed E-state index contributed by atoms with van der Waals surface area (Å²) in [4.78, 5) is 12.8. The molecule has 0 aliphatic carbocycles. The first-order chi connectivity index (χ1) is 22.1. The van der Waals surface area contributed by atoms with Crippen molar-refractivity contribution in [1.29, 1.82) is 0 Å². The maximum atomic E-state index is 12.8. The van der Waals surface area contributed by atoms with Gasteiger partial charge in [0.15, 0.2) is 6.10 Å². The number of nitrogens with zero attached hydrogens (tertiary/aromatic N) is 3. The first kappa shape index (κ1) is 29.1. The fourth-order valence-corrected chi connectivity index (χ4v) is 4.74. The van der Waals surface area contributed by atoms with E-state index in [2.05, 4.69) is 22.7 Å². The average Bonchev–Trinajstić information content (AvgIpc) is 3.53. The first-order valence-electron chi connectivity index (χ1n) is 14.7. The number of amides is 1. The normalized spacial score (nSPS) is 11.7. The van der Waals surface area contributed by atoms with Gasteiger partial charge in [0.2, 0.25) is 0 Å². The fraction of sp³-hybridized carbons (Fsp3) is 0.0789. The van der Waals surface area contributed by atoms with E-state index in [4.69, 9.17) is 14.6 Å². The first-order valence-corrected chi connectivity index (χ1v) is 14.7. The maximum absolute atomic E-state index is 12.8. The Morgan fingerprint density at radius 1 is 0.756 bits per heavy atom. The number of carbonyl (C=O) groups is 1. The second-order valence-electron chi connectivity index (χ2n) is 10.4. The number of hydrazone groups is 1. The van der Waals surface area contributed by atoms with Gasteiger partial charge >= 0.3 is 0 Å². The highest BCUT2D eigenvalue weighted by Crippen LogP contribution is 2.26. The molecule has 1 aromatic heterocycles. The topological polar surface area (TPSA) is 77.7 Å². The monoisotopic (exact) mass is 592 g/mol. The van der Waals surface area contributed by atoms with Crippen molar-refractivity contribution in [3.05, 3.63) is 157 Å². The van der Waals surface area contributed by atoms with Crippen LogP contribution in [0.5, 0.6) is 11.5 Å². The molecule has 0 saturated carbocycles. The van der Waals surface area contributed by atoms with Gasteiger partial charge in [-0.1, -0.05) is 91.0 Å². The van der Waals surface area contributed by atoms with Crippen LogP contribution in [0.3, 0.4) is 0 Å². The zero-order valence-corrected chi connectivity index (χ0v) is 24.8. The summed E-state index contributed by atoms with van der Waals surface area (Å²) in [6.45, 7) is 2.18. The lowest BCUT2D eigenvalue weighted by Gasteiger charge is -2.13. The van der Waals surface area contributed by atoms with E-state index in [-0.39, 0.29) is 5.91 Å². The summed E-state index contributed by atoms with van der Waals surface area (Å²) in [5.74, 6) is 0.996. The highest BCUT2D eigenvalue weighted by atomic mass is 16.5. The zero-order chi connectivity index (χ0) is 30.8. The lowest BCUT2D eigenvalue weighted by atomic mass is 10.1. The highest BCUT2D eigenvalue weighted by molar-refractivity contribution is 5.90. The van der Waals surface area contributed by atoms with E-state index in [1.165, 1.54) is 0 Å². The molecule has 7 heteroatoms. The van der Waals surface area contributed by atoms with Crippen LogP contribution in [-0.4, -0.2) is 28.0 Å². The third kappa shape index (κ3) is 7.53. The molecule has 0 bridgehead atoms. The van der Waals surface area contributed by atoms with E-state index in [0.29, 0.717) is 18.1 Å². The summed E-state index contributed by atoms with van der Waals surface area (Å²) in [5.41, 5.74) is 9.15. The quantitative estimate of drug-likeness (QED) is 0.124. The number of hydrogen-bond donors (Lipinski definition) is 1. The third-order valence-electron chi connectivity index (χ3n) is 7.16. The molecule has 1 atom stereocenters. The van der Waals surface area contributed by atoms with Crippen molar-refractivity contribution in [2.24, 2.45) is 5.10 Å². The predicted octanol–water partition coefficient (Wildman–Crippen LogP) is 7.70. The molecule has 0 aliphatic rings. The van der Waals surface area contributed by atoms with Crippen LogP contribution >= 0.6 is 0 Å². The van der Waals surface area contributed by atoms with E-state index in [1.807, 2.05) is 134 Å². The van der Waals surface area contributed by atoms with Crippen LogP contribution in [0.25, 0.3) is 28.1 Å². The van der Waals surface area contributed by atoms with E-state index in [9.17, 15) is 4.79 Å². The molecule has 0 spiro atoms. The van der Waals surface area contributed by atoms with Crippen LogP contribution in [0.2, 0.25) is 0 Å². The van der Waals surface area contributed by atoms with Gasteiger partial charge in [0, 0.05) is 17.3 Å². The van der Waals surface area contributed by atoms with Crippen molar-refractivity contribution < 1.29 is 14.3 Å². The van der Waals surface area contributed by atoms with Crippen LogP contribution in [0.1, 0.15) is 18.1 Å². The van der Waals surface area contributed by atoms with Gasteiger partial charge in [0.1, 0.15) is 23.8 Å². The number of nitrogens with one attached hydrogen (secondary N) is 1. The lowest BCUT2D eigenvalue weighted by Crippen LogP contribution is -2.33. The van der Waals surface area contributed by atoms with Gasteiger partial charge in [-0.2, -0.15) is 10.2 Å². The van der Waals surface area contributed by atoms with Gasteiger partial charge in [0.25, 0.3) is 5.91 Å². The fourth-order valence-electron chi connectivity index (χ4n) is 4.74. The SMILES string of the molecule is CC(Oc1ccc(-c2ccccc2)cc1)C(=O)N/N=C/c1cn(-c2ccccc2)nc1-c1ccc(OCc2ccccc2)cc1. The number of rotatable bonds is 11. The minimum atomic E-state index is -0.750. The Hall–Kier alpha value is -5.95. The van der Waals surface area contributed by atoms with Crippen molar-refractivity contribution in [2.45, 2.75) is 19.6 Å². The second kappa shape index (κ2) is 14.0. The molecule has 45 heavy (non-hydrogen) atoms. The van der Waals surface area contributed by atoms with Crippen LogP contribution < -0.4 is 14.9 Å². The van der Waals surface area contributed by atoms with E-state index >= 15 is 0 Å². The Labute approximate surface area is 262 Å². The van der Waals surface area contributed by atoms with Gasteiger partial charge in [-0.25, -0.2) is 10.1 Å². The smallest absolute Gasteiger partial charge is 0.280 e. The number of benzene rings is 5. The molecule has 6 rings (SSSR count). The van der Waals surface area contributed by atoms with E-state index in [1.54, 1.807) is 17.8 Å². The molecular weight excluding hydrogens is 560 g/mol. The number of ether oxygens (including phenoxy) is 2. The molecular formula is C38H32N4O3. The summed E-state index contributed by atoms with van der Waals surface area (Å²) in [6, 6.07) is 45.4. The Morgan fingerprint density at radius 3 is 2.02 bits per heavy atom. The second-order valence-corrected chi connectivity index (χ2v) is 10.4. The van der Waals surface area contributed by atoms with Gasteiger partial charge in [-0.15, -0.1) is 0 Å². The summed E-state index contributed by atoms with van der Waals surface area (Å²) in [5, 5.41) is 9.09. The Kier molecular flexibility index (Phi) is 9.07. The summed E-state index contributed by atoms with van der Waals surface area (Å²) in [7, 11) is 0. The van der Waals surface area contributed by atoms with Crippen molar-refractivity contribution in [3.8, 4) is 39.6 Å². The standard InChI is InChI=1S/C38H32N4O3/c1-28(45-36-23-17-31(18-24-36)30-13-7-3-8-14-30)38(43)40-39-25-33-26-42(34-15-9-4-10-16-34)41-37(33)32-19-21-35(22-20-32)44-27-29-11-5-2-6-12-29/h2-26,28H,27H2,1H3,(H,40,43)/b39-25+. The van der Waals surface area contributed by atoms with Crippen molar-refractivity contribution in [2.75, 3.05) is 0 Å². The van der Waals surface area contributed by atoms with Crippen LogP contribution in [0.15, 0.2) is 151 Å². The molecule has 0 fully saturated rings. The minimum absolute atomic E-state index is 0.365. The number of para-hydroxylation sites is 1. The van der Waals surface area contributed by atoms with E-state index < -0.39 is 6.10 Å². The molecule has 1 unspecified atom stereocenters. The molecule has 1 amide bonds. The number of carbonyl (C=O) groups excluding carboxylic acids is 1. The Balaban J connectivity index is 1.13. The third-order valence-corrected chi connectivity index (χ3v) is 7.16. The summed E-state index contributed by atoms with van der Waals surface area (Å²) in [6.07, 6.45) is 2.73. The van der Waals surface area contributed by atoms with E-state index in [0.717, 1.165) is 39.3 Å². The molecule has 6 aromatic rings. The lowest BCUT2D eigenvalue weighted by molar-refractivity contribution is -0.127. The van der Waals surface area contributed by atoms with Crippen molar-refractivity contribution in [3.63, 3.8) is 0 Å². The van der Waals surface area contributed by atoms with Crippen LogP contribution in [-0.2, 0) is 11.4 Å². The van der Waals surface area contributed by atoms with Crippen molar-refractivity contribution in [1.82, 2.24) is 15.2 Å². The van der Waals surface area contributed by atoms with Gasteiger partial charge in [-0.05, 0) is 72.1 Å². The van der Waals surface area contributed by atoms with Crippen LogP contribution in [0.4, 0.5) is 0 Å². The summed E-state index contributed by atoms with van der Waals surface area (Å²) < 4.78 is 13.6. The van der Waals surface area contributed by atoms with Gasteiger partial charge < -0.3 is 9.47 Å². The zero-order valence-electron chi connectivity index (χ0n) is 24.8.